The van der Waals surface area contributed by atoms with Gasteiger partial charge < -0.3 is 5.84 Å². The molecule has 4 aromatic carbocycles. The minimum Gasteiger partial charge on any atom is -0.323 e. The quantitative estimate of drug-likeness (QED) is 0.235. The summed E-state index contributed by atoms with van der Waals surface area (Å²) in [7, 11) is 0. The lowest BCUT2D eigenvalue weighted by atomic mass is 9.92. The fourth-order valence-corrected chi connectivity index (χ4v) is 2.95. The van der Waals surface area contributed by atoms with E-state index in [0.717, 1.165) is 5.56 Å². The molecule has 2 N–H and O–H groups in total. The molecule has 0 aliphatic carbocycles. The summed E-state index contributed by atoms with van der Waals surface area (Å²) >= 11 is 0. The van der Waals surface area contributed by atoms with Crippen molar-refractivity contribution < 1.29 is 0 Å². The minimum absolute atomic E-state index is 1.06. The average Bonchev–Trinajstić information content (AvgIpc) is 2.46. The number of rotatable bonds is 1. The van der Waals surface area contributed by atoms with E-state index >= 15 is 0 Å². The minimum atomic E-state index is 1.06. The van der Waals surface area contributed by atoms with Gasteiger partial charge in [0.15, 0.2) is 0 Å². The van der Waals surface area contributed by atoms with Crippen molar-refractivity contribution in [1.29, 1.82) is 0 Å². The highest BCUT2D eigenvalue weighted by Crippen LogP contribution is 2.35. The first-order valence-corrected chi connectivity index (χ1v) is 6.28. The van der Waals surface area contributed by atoms with Gasteiger partial charge in [-0.25, -0.2) is 0 Å². The summed E-state index contributed by atoms with van der Waals surface area (Å²) in [5.41, 5.74) is 1.06. The van der Waals surface area contributed by atoms with Gasteiger partial charge in [-0.3, -0.25) is 0 Å². The standard InChI is InChI=1S/C17H12N2/c18-19-10-14-7-6-13-5-4-11-2-1-3-12-8-9-15(14)17(13)16(11)12/h1-10H,18H2/b19-10+. The number of nitrogens with zero attached hydrogens (tertiary/aromatic N) is 1. The predicted molar refractivity (Wildman–Crippen MR) is 81.9 cm³/mol. The van der Waals surface area contributed by atoms with Crippen LogP contribution in [-0.2, 0) is 0 Å². The SMILES string of the molecule is N/N=C/c1ccc2ccc3cccc4ccc1c2c34. The summed E-state index contributed by atoms with van der Waals surface area (Å²) in [4.78, 5) is 0. The Labute approximate surface area is 110 Å². The molecule has 4 rings (SSSR count). The van der Waals surface area contributed by atoms with Gasteiger partial charge in [-0.1, -0.05) is 54.6 Å². The molecule has 0 spiro atoms. The molecule has 0 saturated heterocycles. The van der Waals surface area contributed by atoms with Crippen molar-refractivity contribution >= 4 is 38.5 Å². The van der Waals surface area contributed by atoms with Crippen LogP contribution in [-0.4, -0.2) is 6.21 Å². The molecule has 0 amide bonds. The average molecular weight is 244 g/mol. The summed E-state index contributed by atoms with van der Waals surface area (Å²) in [6.45, 7) is 0. The molecule has 0 atom stereocenters. The van der Waals surface area contributed by atoms with Crippen LogP contribution in [0.4, 0.5) is 0 Å². The molecule has 2 nitrogen and oxygen atoms in total. The fourth-order valence-electron chi connectivity index (χ4n) is 2.95. The van der Waals surface area contributed by atoms with Gasteiger partial charge in [0.25, 0.3) is 0 Å². The molecule has 90 valence electrons. The van der Waals surface area contributed by atoms with Crippen molar-refractivity contribution in [1.82, 2.24) is 0 Å². The summed E-state index contributed by atoms with van der Waals surface area (Å²) in [6, 6.07) is 19.3. The van der Waals surface area contributed by atoms with Crippen molar-refractivity contribution in [3.05, 3.63) is 60.2 Å². The van der Waals surface area contributed by atoms with Crippen LogP contribution in [0.2, 0.25) is 0 Å². The second-order valence-corrected chi connectivity index (χ2v) is 4.79. The number of hydrogen-bond donors (Lipinski definition) is 1. The zero-order valence-electron chi connectivity index (χ0n) is 10.3. The smallest absolute Gasteiger partial charge is 0.0544 e. The van der Waals surface area contributed by atoms with Crippen molar-refractivity contribution in [3.63, 3.8) is 0 Å². The Bertz CT molecular complexity index is 907. The third kappa shape index (κ3) is 1.34. The van der Waals surface area contributed by atoms with Crippen LogP contribution in [0.5, 0.6) is 0 Å². The van der Waals surface area contributed by atoms with Gasteiger partial charge in [-0.05, 0) is 32.3 Å². The van der Waals surface area contributed by atoms with E-state index in [9.17, 15) is 0 Å². The van der Waals surface area contributed by atoms with E-state index in [-0.39, 0.29) is 0 Å². The zero-order valence-corrected chi connectivity index (χ0v) is 10.3. The molecule has 0 aliphatic heterocycles. The van der Waals surface area contributed by atoms with Crippen LogP contribution in [0.1, 0.15) is 5.56 Å². The first-order chi connectivity index (χ1) is 9.38. The Morgan fingerprint density at radius 2 is 1.37 bits per heavy atom. The second-order valence-electron chi connectivity index (χ2n) is 4.79. The summed E-state index contributed by atoms with van der Waals surface area (Å²) in [6.07, 6.45) is 1.71. The highest BCUT2D eigenvalue weighted by molar-refractivity contribution is 6.25. The Balaban J connectivity index is 2.34. The van der Waals surface area contributed by atoms with Gasteiger partial charge in [-0.2, -0.15) is 5.10 Å². The first kappa shape index (κ1) is 10.3. The summed E-state index contributed by atoms with van der Waals surface area (Å²) in [5, 5.41) is 11.3. The molecule has 0 aromatic heterocycles. The highest BCUT2D eigenvalue weighted by Gasteiger charge is 2.09. The van der Waals surface area contributed by atoms with Crippen molar-refractivity contribution in [2.45, 2.75) is 0 Å². The fraction of sp³-hybridized carbons (Fsp3) is 0. The molecule has 0 bridgehead atoms. The maximum absolute atomic E-state index is 5.30. The van der Waals surface area contributed by atoms with Gasteiger partial charge in [0.2, 0.25) is 0 Å². The van der Waals surface area contributed by atoms with E-state index in [1.807, 2.05) is 0 Å². The summed E-state index contributed by atoms with van der Waals surface area (Å²) < 4.78 is 0. The largest absolute Gasteiger partial charge is 0.323 e. The van der Waals surface area contributed by atoms with Crippen LogP contribution in [0, 0.1) is 0 Å². The van der Waals surface area contributed by atoms with E-state index in [0.29, 0.717) is 0 Å². The Morgan fingerprint density at radius 1 is 0.737 bits per heavy atom. The highest BCUT2D eigenvalue weighted by atomic mass is 15.1. The molecule has 2 heteroatoms. The molecule has 0 radical (unpaired) electrons. The Morgan fingerprint density at radius 3 is 2.11 bits per heavy atom. The zero-order chi connectivity index (χ0) is 12.8. The van der Waals surface area contributed by atoms with Gasteiger partial charge in [-0.15, -0.1) is 0 Å². The van der Waals surface area contributed by atoms with Crippen LogP contribution in [0.15, 0.2) is 59.7 Å². The Hall–Kier alpha value is -2.61. The topological polar surface area (TPSA) is 38.4 Å². The maximum Gasteiger partial charge on any atom is 0.0544 e. The third-order valence-electron chi connectivity index (χ3n) is 3.78. The molecule has 0 saturated carbocycles. The second kappa shape index (κ2) is 3.69. The van der Waals surface area contributed by atoms with Crippen LogP contribution < -0.4 is 5.84 Å². The van der Waals surface area contributed by atoms with E-state index in [1.54, 1.807) is 6.21 Å². The lowest BCUT2D eigenvalue weighted by Gasteiger charge is -2.11. The molecule has 4 aromatic rings. The molecular formula is C17H12N2. The predicted octanol–water partition coefficient (Wildman–Crippen LogP) is 3.88. The molecular weight excluding hydrogens is 232 g/mol. The number of hydrogen-bond acceptors (Lipinski definition) is 2. The van der Waals surface area contributed by atoms with E-state index in [1.165, 1.54) is 32.3 Å². The lowest BCUT2D eigenvalue weighted by molar-refractivity contribution is 1.26. The van der Waals surface area contributed by atoms with E-state index in [4.69, 9.17) is 5.84 Å². The molecule has 0 aliphatic rings. The van der Waals surface area contributed by atoms with Crippen molar-refractivity contribution in [3.8, 4) is 0 Å². The van der Waals surface area contributed by atoms with Crippen molar-refractivity contribution in [2.75, 3.05) is 0 Å². The molecule has 0 fully saturated rings. The first-order valence-electron chi connectivity index (χ1n) is 6.28. The van der Waals surface area contributed by atoms with Crippen molar-refractivity contribution in [2.24, 2.45) is 10.9 Å². The van der Waals surface area contributed by atoms with Gasteiger partial charge >= 0.3 is 0 Å². The summed E-state index contributed by atoms with van der Waals surface area (Å²) in [5.74, 6) is 5.30. The molecule has 0 heterocycles. The monoisotopic (exact) mass is 244 g/mol. The number of hydrazone groups is 1. The van der Waals surface area contributed by atoms with Gasteiger partial charge in [0.05, 0.1) is 6.21 Å². The van der Waals surface area contributed by atoms with E-state index < -0.39 is 0 Å². The van der Waals surface area contributed by atoms with Gasteiger partial charge in [0.1, 0.15) is 0 Å². The van der Waals surface area contributed by atoms with E-state index in [2.05, 4.69) is 59.7 Å². The molecule has 0 unspecified atom stereocenters. The number of nitrogens with two attached hydrogens (primary N) is 1. The normalized spacial score (nSPS) is 12.2. The number of benzene rings is 4. The third-order valence-corrected chi connectivity index (χ3v) is 3.78. The van der Waals surface area contributed by atoms with Crippen LogP contribution in [0.3, 0.4) is 0 Å². The lowest BCUT2D eigenvalue weighted by Crippen LogP contribution is -1.90. The molecule has 19 heavy (non-hydrogen) atoms. The van der Waals surface area contributed by atoms with Gasteiger partial charge in [0, 0.05) is 5.56 Å². The maximum atomic E-state index is 5.30. The van der Waals surface area contributed by atoms with Crippen LogP contribution in [0.25, 0.3) is 32.3 Å². The van der Waals surface area contributed by atoms with Crippen LogP contribution >= 0.6 is 0 Å². The Kier molecular flexibility index (Phi) is 2.00.